The van der Waals surface area contributed by atoms with E-state index in [2.05, 4.69) is 9.88 Å². The summed E-state index contributed by atoms with van der Waals surface area (Å²) in [6, 6.07) is 1.98. The molecule has 4 heteroatoms. The molecular formula is C12H19N3O. The smallest absolute Gasteiger partial charge is 0.133 e. The second kappa shape index (κ2) is 4.80. The molecule has 1 saturated heterocycles. The van der Waals surface area contributed by atoms with Crippen molar-refractivity contribution >= 4 is 5.82 Å². The normalized spacial score (nSPS) is 21.2. The molecule has 0 amide bonds. The molecule has 0 aliphatic carbocycles. The molecule has 2 heterocycles. The Morgan fingerprint density at radius 2 is 2.44 bits per heavy atom. The van der Waals surface area contributed by atoms with Crippen molar-refractivity contribution in [1.29, 1.82) is 0 Å². The van der Waals surface area contributed by atoms with E-state index in [9.17, 15) is 5.11 Å². The summed E-state index contributed by atoms with van der Waals surface area (Å²) in [6.45, 7) is 4.18. The first-order valence-corrected chi connectivity index (χ1v) is 5.80. The molecule has 1 aromatic heterocycles. The van der Waals surface area contributed by atoms with E-state index in [1.807, 2.05) is 19.2 Å². The van der Waals surface area contributed by atoms with Gasteiger partial charge in [0.05, 0.1) is 6.10 Å². The SMILES string of the molecule is Cc1ccnc(N2CCCC(O)C2)c1CN. The van der Waals surface area contributed by atoms with Gasteiger partial charge in [0, 0.05) is 31.4 Å². The molecule has 1 fully saturated rings. The first kappa shape index (κ1) is 11.4. The molecule has 0 bridgehead atoms. The predicted octanol–water partition coefficient (Wildman–Crippen LogP) is 0.810. The standard InChI is InChI=1S/C12H19N3O/c1-9-4-5-14-12(11(9)7-13)15-6-2-3-10(16)8-15/h4-5,10,16H,2-3,6-8,13H2,1H3. The molecule has 88 valence electrons. The van der Waals surface area contributed by atoms with Gasteiger partial charge in [-0.2, -0.15) is 0 Å². The average molecular weight is 221 g/mol. The zero-order valence-corrected chi connectivity index (χ0v) is 9.69. The van der Waals surface area contributed by atoms with Crippen molar-refractivity contribution in [3.05, 3.63) is 23.4 Å². The third-order valence-corrected chi connectivity index (χ3v) is 3.17. The highest BCUT2D eigenvalue weighted by molar-refractivity contribution is 5.50. The van der Waals surface area contributed by atoms with E-state index in [4.69, 9.17) is 5.73 Å². The van der Waals surface area contributed by atoms with Crippen molar-refractivity contribution in [2.24, 2.45) is 5.73 Å². The number of aryl methyl sites for hydroxylation is 1. The van der Waals surface area contributed by atoms with Crippen molar-refractivity contribution in [3.63, 3.8) is 0 Å². The Morgan fingerprint density at radius 1 is 1.62 bits per heavy atom. The topological polar surface area (TPSA) is 62.4 Å². The molecule has 3 N–H and O–H groups in total. The summed E-state index contributed by atoms with van der Waals surface area (Å²) in [5.41, 5.74) is 8.03. The monoisotopic (exact) mass is 221 g/mol. The first-order valence-electron chi connectivity index (χ1n) is 5.80. The molecule has 0 saturated carbocycles. The molecule has 1 aliphatic rings. The number of aromatic nitrogens is 1. The summed E-state index contributed by atoms with van der Waals surface area (Å²) in [5.74, 6) is 0.946. The fraction of sp³-hybridized carbons (Fsp3) is 0.583. The lowest BCUT2D eigenvalue weighted by Gasteiger charge is -2.32. The molecule has 16 heavy (non-hydrogen) atoms. The summed E-state index contributed by atoms with van der Waals surface area (Å²) in [7, 11) is 0. The third-order valence-electron chi connectivity index (χ3n) is 3.17. The lowest BCUT2D eigenvalue weighted by atomic mass is 10.1. The van der Waals surface area contributed by atoms with Gasteiger partial charge in [-0.05, 0) is 31.4 Å². The van der Waals surface area contributed by atoms with Crippen LogP contribution < -0.4 is 10.6 Å². The van der Waals surface area contributed by atoms with Gasteiger partial charge in [-0.3, -0.25) is 0 Å². The molecule has 1 aromatic rings. The van der Waals surface area contributed by atoms with Crippen LogP contribution in [0.3, 0.4) is 0 Å². The van der Waals surface area contributed by atoms with Crippen LogP contribution in [0.15, 0.2) is 12.3 Å². The second-order valence-electron chi connectivity index (χ2n) is 4.38. The van der Waals surface area contributed by atoms with E-state index in [1.165, 1.54) is 5.56 Å². The lowest BCUT2D eigenvalue weighted by Crippen LogP contribution is -2.39. The number of rotatable bonds is 2. The van der Waals surface area contributed by atoms with Crippen LogP contribution in [0, 0.1) is 6.92 Å². The number of anilines is 1. The average Bonchev–Trinajstić information content (AvgIpc) is 2.28. The van der Waals surface area contributed by atoms with E-state index in [1.54, 1.807) is 0 Å². The van der Waals surface area contributed by atoms with Crippen LogP contribution >= 0.6 is 0 Å². The fourth-order valence-electron chi connectivity index (χ4n) is 2.25. The minimum absolute atomic E-state index is 0.235. The van der Waals surface area contributed by atoms with Crippen LogP contribution in [-0.4, -0.2) is 29.3 Å². The third kappa shape index (κ3) is 2.18. The van der Waals surface area contributed by atoms with Crippen LogP contribution in [0.1, 0.15) is 24.0 Å². The first-order chi connectivity index (χ1) is 7.72. The van der Waals surface area contributed by atoms with E-state index in [0.29, 0.717) is 13.1 Å². The number of aliphatic hydroxyl groups is 1. The van der Waals surface area contributed by atoms with Gasteiger partial charge in [0.15, 0.2) is 0 Å². The Balaban J connectivity index is 2.28. The second-order valence-corrected chi connectivity index (χ2v) is 4.38. The Morgan fingerprint density at radius 3 is 3.12 bits per heavy atom. The molecule has 4 nitrogen and oxygen atoms in total. The van der Waals surface area contributed by atoms with Gasteiger partial charge in [-0.15, -0.1) is 0 Å². The van der Waals surface area contributed by atoms with Gasteiger partial charge in [0.1, 0.15) is 5.82 Å². The zero-order chi connectivity index (χ0) is 11.5. The maximum atomic E-state index is 9.67. The van der Waals surface area contributed by atoms with Crippen molar-refractivity contribution in [2.75, 3.05) is 18.0 Å². The molecule has 1 aliphatic heterocycles. The van der Waals surface area contributed by atoms with Gasteiger partial charge < -0.3 is 15.7 Å². The van der Waals surface area contributed by atoms with Crippen LogP contribution in [0.4, 0.5) is 5.82 Å². The molecule has 0 aromatic carbocycles. The molecule has 1 atom stereocenters. The zero-order valence-electron chi connectivity index (χ0n) is 9.69. The predicted molar refractivity (Wildman–Crippen MR) is 64.3 cm³/mol. The number of piperidine rings is 1. The minimum Gasteiger partial charge on any atom is -0.391 e. The Bertz CT molecular complexity index is 367. The summed E-state index contributed by atoms with van der Waals surface area (Å²) in [6.07, 6.45) is 3.48. The van der Waals surface area contributed by atoms with Crippen molar-refractivity contribution in [1.82, 2.24) is 4.98 Å². The number of pyridine rings is 1. The molecule has 0 radical (unpaired) electrons. The van der Waals surface area contributed by atoms with Gasteiger partial charge in [0.25, 0.3) is 0 Å². The van der Waals surface area contributed by atoms with Gasteiger partial charge >= 0.3 is 0 Å². The van der Waals surface area contributed by atoms with Crippen LogP contribution in [0.2, 0.25) is 0 Å². The van der Waals surface area contributed by atoms with Gasteiger partial charge in [0.2, 0.25) is 0 Å². The van der Waals surface area contributed by atoms with Crippen LogP contribution in [0.25, 0.3) is 0 Å². The van der Waals surface area contributed by atoms with Crippen molar-refractivity contribution in [3.8, 4) is 0 Å². The summed E-state index contributed by atoms with van der Waals surface area (Å²) < 4.78 is 0. The van der Waals surface area contributed by atoms with Gasteiger partial charge in [-0.1, -0.05) is 0 Å². The number of nitrogens with zero attached hydrogens (tertiary/aromatic N) is 2. The van der Waals surface area contributed by atoms with E-state index < -0.39 is 0 Å². The van der Waals surface area contributed by atoms with E-state index in [0.717, 1.165) is 30.8 Å². The number of hydrogen-bond donors (Lipinski definition) is 2. The van der Waals surface area contributed by atoms with Crippen LogP contribution in [-0.2, 0) is 6.54 Å². The number of β-amino-alcohol motifs (C(OH)–C–C–N with tert-alkyl or cyclic N) is 1. The number of aliphatic hydroxyl groups excluding tert-OH is 1. The largest absolute Gasteiger partial charge is 0.391 e. The maximum Gasteiger partial charge on any atom is 0.133 e. The molecule has 1 unspecified atom stereocenters. The lowest BCUT2D eigenvalue weighted by molar-refractivity contribution is 0.154. The minimum atomic E-state index is -0.235. The highest BCUT2D eigenvalue weighted by Gasteiger charge is 2.21. The quantitative estimate of drug-likeness (QED) is 0.776. The summed E-state index contributed by atoms with van der Waals surface area (Å²) in [5, 5.41) is 9.67. The Hall–Kier alpha value is -1.13. The van der Waals surface area contributed by atoms with Gasteiger partial charge in [-0.25, -0.2) is 4.98 Å². The summed E-state index contributed by atoms with van der Waals surface area (Å²) >= 11 is 0. The molecule has 2 rings (SSSR count). The highest BCUT2D eigenvalue weighted by Crippen LogP contribution is 2.23. The van der Waals surface area contributed by atoms with Crippen LogP contribution in [0.5, 0.6) is 0 Å². The molecule has 0 spiro atoms. The summed E-state index contributed by atoms with van der Waals surface area (Å²) in [4.78, 5) is 6.55. The number of nitrogens with two attached hydrogens (primary N) is 1. The molecular weight excluding hydrogens is 202 g/mol. The van der Waals surface area contributed by atoms with E-state index in [-0.39, 0.29) is 6.10 Å². The van der Waals surface area contributed by atoms with Crippen molar-refractivity contribution in [2.45, 2.75) is 32.4 Å². The number of hydrogen-bond acceptors (Lipinski definition) is 4. The Kier molecular flexibility index (Phi) is 3.41. The Labute approximate surface area is 96.1 Å². The van der Waals surface area contributed by atoms with Crippen molar-refractivity contribution < 1.29 is 5.11 Å². The van der Waals surface area contributed by atoms with E-state index >= 15 is 0 Å². The maximum absolute atomic E-state index is 9.67. The fourth-order valence-corrected chi connectivity index (χ4v) is 2.25. The highest BCUT2D eigenvalue weighted by atomic mass is 16.3.